The molecule has 2 fully saturated rings. The molecule has 0 radical (unpaired) electrons. The van der Waals surface area contributed by atoms with Crippen molar-refractivity contribution in [1.29, 1.82) is 0 Å². The molecule has 0 aromatic heterocycles. The Morgan fingerprint density at radius 1 is 0.500 bits per heavy atom. The van der Waals surface area contributed by atoms with E-state index in [0.717, 1.165) is 51.3 Å². The minimum absolute atomic E-state index is 0.158. The van der Waals surface area contributed by atoms with Crippen LogP contribution < -0.4 is 9.80 Å². The molecule has 2 aliphatic heterocycles. The van der Waals surface area contributed by atoms with Gasteiger partial charge in [0.05, 0.1) is 0 Å². The maximum Gasteiger partial charge on any atom is 0.303 e. The third kappa shape index (κ3) is 10.8. The average Bonchev–Trinajstić information content (AvgIpc) is 3.10. The first kappa shape index (κ1) is 43.9. The number of amides is 2. The van der Waals surface area contributed by atoms with Crippen molar-refractivity contribution in [3.63, 3.8) is 0 Å². The van der Waals surface area contributed by atoms with Crippen LogP contribution >= 0.6 is 0 Å². The number of hydrogen-bond acceptors (Lipinski definition) is 18. The Labute approximate surface area is 317 Å². The number of anilines is 2. The Bertz CT molecular complexity index is 1680. The van der Waals surface area contributed by atoms with Crippen molar-refractivity contribution in [1.82, 2.24) is 0 Å². The van der Waals surface area contributed by atoms with E-state index in [1.165, 1.54) is 38.4 Å². The first-order chi connectivity index (χ1) is 26.3. The molecule has 2 saturated heterocycles. The normalized spacial score (nSPS) is 26.6. The molecule has 56 heavy (non-hydrogen) atoms. The van der Waals surface area contributed by atoms with Gasteiger partial charge in [0.15, 0.2) is 61.3 Å². The molecule has 302 valence electrons. The predicted octanol–water partition coefficient (Wildman–Crippen LogP) is 1.27. The second kappa shape index (κ2) is 19.2. The Balaban J connectivity index is 1.97. The fourth-order valence-corrected chi connectivity index (χ4v) is 5.80. The number of likely N-dealkylation sites (N-methyl/N-ethyl adjacent to an activating group) is 2. The molecule has 0 saturated carbocycles. The van der Waals surface area contributed by atoms with Gasteiger partial charge < -0.3 is 47.7 Å². The lowest BCUT2D eigenvalue weighted by molar-refractivity contribution is -0.242. The number of hydrogen-bond donors (Lipinski definition) is 0. The molecule has 0 spiro atoms. The largest absolute Gasteiger partial charge is 0.455 e. The summed E-state index contributed by atoms with van der Waals surface area (Å²) < 4.78 is 43.0. The molecule has 0 aliphatic carbocycles. The third-order valence-electron chi connectivity index (χ3n) is 7.94. The lowest BCUT2D eigenvalue weighted by Crippen LogP contribution is -2.64. The van der Waals surface area contributed by atoms with Crippen molar-refractivity contribution in [2.45, 2.75) is 103 Å². The van der Waals surface area contributed by atoms with Gasteiger partial charge in [0.1, 0.15) is 0 Å². The molecular formula is C32H38N8O16. The van der Waals surface area contributed by atoms with E-state index in [1.807, 2.05) is 0 Å². The van der Waals surface area contributed by atoms with Gasteiger partial charge >= 0.3 is 35.8 Å². The van der Waals surface area contributed by atoms with E-state index in [2.05, 4.69) is 20.1 Å². The van der Waals surface area contributed by atoms with Gasteiger partial charge in [-0.2, -0.15) is 0 Å². The predicted molar refractivity (Wildman–Crippen MR) is 182 cm³/mol. The van der Waals surface area contributed by atoms with Crippen LogP contribution in [0.2, 0.25) is 0 Å². The number of esters is 6. The highest BCUT2D eigenvalue weighted by molar-refractivity contribution is 5.99. The van der Waals surface area contributed by atoms with Gasteiger partial charge in [-0.15, -0.1) is 0 Å². The van der Waals surface area contributed by atoms with E-state index >= 15 is 0 Å². The van der Waals surface area contributed by atoms with Gasteiger partial charge in [-0.25, -0.2) is 0 Å². The van der Waals surface area contributed by atoms with Crippen molar-refractivity contribution < 1.29 is 76.3 Å². The first-order valence-corrected chi connectivity index (χ1v) is 16.4. The van der Waals surface area contributed by atoms with Gasteiger partial charge in [-0.3, -0.25) is 38.4 Å². The summed E-state index contributed by atoms with van der Waals surface area (Å²) in [5.74, 6) is -7.31. The summed E-state index contributed by atoms with van der Waals surface area (Å²) in [6.45, 7) is 6.05. The van der Waals surface area contributed by atoms with Crippen LogP contribution in [0, 0.1) is 0 Å². The quantitative estimate of drug-likeness (QED) is 0.0946. The van der Waals surface area contributed by atoms with Crippen LogP contribution in [0.15, 0.2) is 34.5 Å². The summed E-state index contributed by atoms with van der Waals surface area (Å²) >= 11 is 0. The molecule has 1 aromatic rings. The monoisotopic (exact) mass is 790 g/mol. The lowest BCUT2D eigenvalue weighted by Gasteiger charge is -2.43. The molecule has 2 heterocycles. The lowest BCUT2D eigenvalue weighted by atomic mass is 9.96. The molecule has 2 aliphatic rings. The number of ether oxygens (including phenoxy) is 8. The van der Waals surface area contributed by atoms with Crippen molar-refractivity contribution in [3.8, 4) is 0 Å². The SMILES string of the molecule is CC(=O)OC1C(N=[N+]=[N-])OC(C(=O)N(C)c2ccc(N(C)C(=O)C3OC(N=[N+]=[N-])C(OC(C)=O)C(OC(C)=O)C3OC(C)=O)cc2)C(OC(C)=O)C1OC(C)=O. The summed E-state index contributed by atoms with van der Waals surface area (Å²) in [4.78, 5) is 108. The van der Waals surface area contributed by atoms with E-state index in [4.69, 9.17) is 37.9 Å². The number of benzene rings is 1. The molecule has 1 aromatic carbocycles. The van der Waals surface area contributed by atoms with Gasteiger partial charge in [-0.1, -0.05) is 10.2 Å². The maximum atomic E-state index is 13.9. The molecule has 0 N–H and O–H groups in total. The van der Waals surface area contributed by atoms with E-state index in [-0.39, 0.29) is 11.4 Å². The fraction of sp³-hybridized carbons (Fsp3) is 0.562. The first-order valence-electron chi connectivity index (χ1n) is 16.4. The number of rotatable bonds is 12. The summed E-state index contributed by atoms with van der Waals surface area (Å²) in [6, 6.07) is 5.51. The van der Waals surface area contributed by atoms with Crippen LogP contribution in [0.5, 0.6) is 0 Å². The molecule has 2 amide bonds. The van der Waals surface area contributed by atoms with E-state index < -0.39 is 109 Å². The number of carbonyl (C=O) groups is 8. The van der Waals surface area contributed by atoms with E-state index in [0.29, 0.717) is 0 Å². The Morgan fingerprint density at radius 3 is 1.00 bits per heavy atom. The van der Waals surface area contributed by atoms with Gasteiger partial charge in [0.2, 0.25) is 0 Å². The Morgan fingerprint density at radius 2 is 0.750 bits per heavy atom. The van der Waals surface area contributed by atoms with Gasteiger partial charge in [0.25, 0.3) is 11.8 Å². The van der Waals surface area contributed by atoms with Crippen molar-refractivity contribution in [2.75, 3.05) is 23.9 Å². The van der Waals surface area contributed by atoms with E-state index in [9.17, 15) is 49.4 Å². The third-order valence-corrected chi connectivity index (χ3v) is 7.94. The molecule has 24 heteroatoms. The molecular weight excluding hydrogens is 752 g/mol. The van der Waals surface area contributed by atoms with Crippen LogP contribution in [0.4, 0.5) is 11.4 Å². The van der Waals surface area contributed by atoms with Crippen LogP contribution in [0.3, 0.4) is 0 Å². The van der Waals surface area contributed by atoms with E-state index in [1.54, 1.807) is 0 Å². The topological polar surface area (TPSA) is 314 Å². The molecule has 24 nitrogen and oxygen atoms in total. The van der Waals surface area contributed by atoms with Crippen molar-refractivity contribution in [2.24, 2.45) is 10.2 Å². The fourth-order valence-electron chi connectivity index (χ4n) is 5.80. The zero-order chi connectivity index (χ0) is 42.0. The maximum absolute atomic E-state index is 13.9. The van der Waals surface area contributed by atoms with Crippen molar-refractivity contribution in [3.05, 3.63) is 45.2 Å². The summed E-state index contributed by atoms with van der Waals surface area (Å²) in [7, 11) is 2.60. The number of nitrogens with zero attached hydrogens (tertiary/aromatic N) is 8. The Hall–Kier alpha value is -6.48. The molecule has 0 bridgehead atoms. The Kier molecular flexibility index (Phi) is 15.1. The zero-order valence-electron chi connectivity index (χ0n) is 31.2. The zero-order valence-corrected chi connectivity index (χ0v) is 31.2. The highest BCUT2D eigenvalue weighted by Crippen LogP contribution is 2.34. The highest BCUT2D eigenvalue weighted by atomic mass is 16.7. The number of carbonyl (C=O) groups excluding carboxylic acids is 8. The highest BCUT2D eigenvalue weighted by Gasteiger charge is 2.56. The second-order valence-corrected chi connectivity index (χ2v) is 12.1. The molecule has 10 atom stereocenters. The second-order valence-electron chi connectivity index (χ2n) is 12.1. The smallest absolute Gasteiger partial charge is 0.303 e. The standard InChI is InChI=1S/C32H38N8O16/c1-13(41)49-21-23(51-15(3)43)27(55-29(35-37-33)25(21)53-17(5)45)31(47)39(7)19-9-11-20(12-10-19)40(8)32(48)28-24(52-16(4)44)22(50-14(2)42)26(54-18(6)46)30(56-28)36-38-34/h9-12,21-30H,1-8H3. The van der Waals surface area contributed by atoms with Crippen LogP contribution in [0.25, 0.3) is 20.9 Å². The minimum atomic E-state index is -1.79. The van der Waals surface area contributed by atoms with Gasteiger partial charge in [0, 0.05) is 76.8 Å². The average molecular weight is 791 g/mol. The van der Waals surface area contributed by atoms with Gasteiger partial charge in [-0.05, 0) is 35.3 Å². The summed E-state index contributed by atoms with van der Waals surface area (Å²) in [5, 5.41) is 6.89. The van der Waals surface area contributed by atoms with Crippen LogP contribution in [0.1, 0.15) is 41.5 Å². The molecule has 3 rings (SSSR count). The van der Waals surface area contributed by atoms with Crippen LogP contribution in [-0.2, 0) is 76.3 Å². The minimum Gasteiger partial charge on any atom is -0.455 e. The molecule has 10 unspecified atom stereocenters. The summed E-state index contributed by atoms with van der Waals surface area (Å²) in [6.07, 6.45) is -17.0. The number of azide groups is 2. The van der Waals surface area contributed by atoms with Crippen LogP contribution in [-0.4, -0.2) is 123 Å². The summed E-state index contributed by atoms with van der Waals surface area (Å²) in [5.41, 5.74) is 18.7. The van der Waals surface area contributed by atoms with Crippen molar-refractivity contribution >= 4 is 59.0 Å².